The first kappa shape index (κ1) is 17.5. The SMILES string of the molecule is COC(=O)C(C)CN(C)C(=O)c1ccccc1Oc1cccnc1. The highest BCUT2D eigenvalue weighted by Gasteiger charge is 2.22. The van der Waals surface area contributed by atoms with Crippen LogP contribution >= 0.6 is 0 Å². The smallest absolute Gasteiger partial charge is 0.310 e. The Bertz CT molecular complexity index is 703. The number of nitrogens with zero attached hydrogens (tertiary/aromatic N) is 2. The van der Waals surface area contributed by atoms with Crippen molar-refractivity contribution < 1.29 is 19.1 Å². The summed E-state index contributed by atoms with van der Waals surface area (Å²) in [6.45, 7) is 1.97. The Morgan fingerprint density at radius 2 is 1.96 bits per heavy atom. The normalized spacial score (nSPS) is 11.5. The van der Waals surface area contributed by atoms with Gasteiger partial charge in [-0.3, -0.25) is 14.6 Å². The van der Waals surface area contributed by atoms with Gasteiger partial charge < -0.3 is 14.4 Å². The number of ether oxygens (including phenoxy) is 2. The van der Waals surface area contributed by atoms with Gasteiger partial charge in [-0.2, -0.15) is 0 Å². The summed E-state index contributed by atoms with van der Waals surface area (Å²) in [6, 6.07) is 10.5. The van der Waals surface area contributed by atoms with E-state index < -0.39 is 5.92 Å². The predicted molar refractivity (Wildman–Crippen MR) is 88.9 cm³/mol. The van der Waals surface area contributed by atoms with Gasteiger partial charge >= 0.3 is 5.97 Å². The van der Waals surface area contributed by atoms with E-state index >= 15 is 0 Å². The van der Waals surface area contributed by atoms with Crippen LogP contribution in [0.3, 0.4) is 0 Å². The van der Waals surface area contributed by atoms with Gasteiger partial charge in [-0.1, -0.05) is 19.1 Å². The highest BCUT2D eigenvalue weighted by atomic mass is 16.5. The number of rotatable bonds is 6. The second kappa shape index (κ2) is 8.10. The zero-order valence-electron chi connectivity index (χ0n) is 13.9. The lowest BCUT2D eigenvalue weighted by Crippen LogP contribution is -2.34. The number of para-hydroxylation sites is 1. The quantitative estimate of drug-likeness (QED) is 0.763. The van der Waals surface area contributed by atoms with E-state index in [2.05, 4.69) is 4.98 Å². The zero-order valence-corrected chi connectivity index (χ0v) is 13.9. The summed E-state index contributed by atoms with van der Waals surface area (Å²) in [5, 5.41) is 0. The molecule has 1 amide bonds. The standard InChI is InChI=1S/C18H20N2O4/c1-13(18(22)23-3)12-20(2)17(21)15-8-4-5-9-16(15)24-14-7-6-10-19-11-14/h4-11,13H,12H2,1-3H3. The molecular formula is C18H20N2O4. The lowest BCUT2D eigenvalue weighted by molar-refractivity contribution is -0.145. The average Bonchev–Trinajstić information content (AvgIpc) is 2.61. The van der Waals surface area contributed by atoms with Gasteiger partial charge in [0.1, 0.15) is 11.5 Å². The summed E-state index contributed by atoms with van der Waals surface area (Å²) >= 11 is 0. The number of methoxy groups -OCH3 is 1. The highest BCUT2D eigenvalue weighted by Crippen LogP contribution is 2.25. The summed E-state index contributed by atoms with van der Waals surface area (Å²) in [7, 11) is 2.97. The Hall–Kier alpha value is -2.89. The molecule has 0 saturated carbocycles. The third kappa shape index (κ3) is 4.32. The van der Waals surface area contributed by atoms with Crippen LogP contribution in [0.2, 0.25) is 0 Å². The largest absolute Gasteiger partial charge is 0.469 e. The molecule has 0 saturated heterocycles. The molecular weight excluding hydrogens is 308 g/mol. The number of hydrogen-bond donors (Lipinski definition) is 0. The van der Waals surface area contributed by atoms with E-state index in [9.17, 15) is 9.59 Å². The lowest BCUT2D eigenvalue weighted by atomic mass is 10.1. The molecule has 1 aromatic heterocycles. The number of carbonyl (C=O) groups excluding carboxylic acids is 2. The minimum absolute atomic E-state index is 0.231. The first-order valence-corrected chi connectivity index (χ1v) is 7.53. The molecule has 6 nitrogen and oxygen atoms in total. The Morgan fingerprint density at radius 3 is 2.62 bits per heavy atom. The van der Waals surface area contributed by atoms with E-state index in [1.165, 1.54) is 12.0 Å². The van der Waals surface area contributed by atoms with Crippen molar-refractivity contribution in [2.45, 2.75) is 6.92 Å². The molecule has 0 spiro atoms. The maximum absolute atomic E-state index is 12.7. The fourth-order valence-electron chi connectivity index (χ4n) is 2.24. The Labute approximate surface area is 141 Å². The summed E-state index contributed by atoms with van der Waals surface area (Å²) in [5.74, 6) is -0.00783. The van der Waals surface area contributed by atoms with Crippen LogP contribution in [0.5, 0.6) is 11.5 Å². The van der Waals surface area contributed by atoms with Gasteiger partial charge in [-0.15, -0.1) is 0 Å². The van der Waals surface area contributed by atoms with Crippen LogP contribution in [0, 0.1) is 5.92 Å². The van der Waals surface area contributed by atoms with Crippen LogP contribution < -0.4 is 4.74 Å². The van der Waals surface area contributed by atoms with E-state index in [0.717, 1.165) is 0 Å². The summed E-state index contributed by atoms with van der Waals surface area (Å²) in [5.41, 5.74) is 0.418. The van der Waals surface area contributed by atoms with Crippen LogP contribution in [-0.4, -0.2) is 42.5 Å². The molecule has 1 unspecified atom stereocenters. The molecule has 0 aliphatic rings. The van der Waals surface area contributed by atoms with Crippen LogP contribution in [-0.2, 0) is 9.53 Å². The molecule has 0 aliphatic heterocycles. The topological polar surface area (TPSA) is 68.7 Å². The molecule has 6 heteroatoms. The van der Waals surface area contributed by atoms with Crippen LogP contribution in [0.25, 0.3) is 0 Å². The van der Waals surface area contributed by atoms with Gasteiger partial charge in [0.05, 0.1) is 24.8 Å². The minimum Gasteiger partial charge on any atom is -0.469 e. The van der Waals surface area contributed by atoms with Crippen molar-refractivity contribution in [3.63, 3.8) is 0 Å². The maximum Gasteiger partial charge on any atom is 0.310 e. The molecule has 24 heavy (non-hydrogen) atoms. The molecule has 0 aliphatic carbocycles. The van der Waals surface area contributed by atoms with Crippen LogP contribution in [0.4, 0.5) is 0 Å². The van der Waals surface area contributed by atoms with Crippen molar-refractivity contribution >= 4 is 11.9 Å². The third-order valence-corrected chi connectivity index (χ3v) is 3.48. The number of hydrogen-bond acceptors (Lipinski definition) is 5. The zero-order chi connectivity index (χ0) is 17.5. The third-order valence-electron chi connectivity index (χ3n) is 3.48. The number of aromatic nitrogens is 1. The van der Waals surface area contributed by atoms with Crippen LogP contribution in [0.15, 0.2) is 48.8 Å². The van der Waals surface area contributed by atoms with E-state index in [1.54, 1.807) is 62.8 Å². The molecule has 0 N–H and O–H groups in total. The fourth-order valence-corrected chi connectivity index (χ4v) is 2.24. The Kier molecular flexibility index (Phi) is 5.89. The molecule has 2 aromatic rings. The number of benzene rings is 1. The molecule has 0 radical (unpaired) electrons. The van der Waals surface area contributed by atoms with Gasteiger partial charge in [0.25, 0.3) is 5.91 Å². The lowest BCUT2D eigenvalue weighted by Gasteiger charge is -2.21. The van der Waals surface area contributed by atoms with E-state index in [0.29, 0.717) is 17.1 Å². The predicted octanol–water partition coefficient (Wildman–Crippen LogP) is 2.76. The van der Waals surface area contributed by atoms with Crippen molar-refractivity contribution in [2.24, 2.45) is 5.92 Å². The average molecular weight is 328 g/mol. The molecule has 0 fully saturated rings. The number of carbonyl (C=O) groups is 2. The van der Waals surface area contributed by atoms with E-state index in [-0.39, 0.29) is 18.4 Å². The van der Waals surface area contributed by atoms with Gasteiger partial charge in [-0.05, 0) is 24.3 Å². The minimum atomic E-state index is -0.407. The number of pyridine rings is 1. The van der Waals surface area contributed by atoms with Gasteiger partial charge in [0.2, 0.25) is 0 Å². The van der Waals surface area contributed by atoms with Crippen molar-refractivity contribution in [2.75, 3.05) is 20.7 Å². The van der Waals surface area contributed by atoms with E-state index in [1.807, 2.05) is 0 Å². The molecule has 1 atom stereocenters. The van der Waals surface area contributed by atoms with Crippen molar-refractivity contribution in [1.82, 2.24) is 9.88 Å². The molecule has 126 valence electrons. The molecule has 1 aromatic carbocycles. The van der Waals surface area contributed by atoms with Gasteiger partial charge in [-0.25, -0.2) is 0 Å². The molecule has 2 rings (SSSR count). The Balaban J connectivity index is 2.16. The van der Waals surface area contributed by atoms with Crippen molar-refractivity contribution in [1.29, 1.82) is 0 Å². The number of esters is 1. The number of amides is 1. The fraction of sp³-hybridized carbons (Fsp3) is 0.278. The van der Waals surface area contributed by atoms with Crippen LogP contribution in [0.1, 0.15) is 17.3 Å². The molecule has 1 heterocycles. The summed E-state index contributed by atoms with van der Waals surface area (Å²) < 4.78 is 10.4. The van der Waals surface area contributed by atoms with E-state index in [4.69, 9.17) is 9.47 Å². The second-order valence-electron chi connectivity index (χ2n) is 5.40. The van der Waals surface area contributed by atoms with Gasteiger partial charge in [0, 0.05) is 19.8 Å². The monoisotopic (exact) mass is 328 g/mol. The first-order valence-electron chi connectivity index (χ1n) is 7.53. The highest BCUT2D eigenvalue weighted by molar-refractivity contribution is 5.97. The summed E-state index contributed by atoms with van der Waals surface area (Å²) in [4.78, 5) is 29.7. The maximum atomic E-state index is 12.7. The van der Waals surface area contributed by atoms with Crippen molar-refractivity contribution in [3.8, 4) is 11.5 Å². The summed E-state index contributed by atoms with van der Waals surface area (Å²) in [6.07, 6.45) is 3.22. The first-order chi connectivity index (χ1) is 11.5. The Morgan fingerprint density at radius 1 is 1.21 bits per heavy atom. The van der Waals surface area contributed by atoms with Gasteiger partial charge in [0.15, 0.2) is 0 Å². The molecule has 0 bridgehead atoms. The van der Waals surface area contributed by atoms with Crippen molar-refractivity contribution in [3.05, 3.63) is 54.4 Å². The second-order valence-corrected chi connectivity index (χ2v) is 5.40.